The summed E-state index contributed by atoms with van der Waals surface area (Å²) in [5, 5.41) is 9.37. The van der Waals surface area contributed by atoms with E-state index in [2.05, 4.69) is 34.6 Å². The summed E-state index contributed by atoms with van der Waals surface area (Å²) in [6.45, 7) is 11.1. The van der Waals surface area contributed by atoms with E-state index in [1.165, 1.54) is 0 Å². The van der Waals surface area contributed by atoms with Crippen molar-refractivity contribution in [2.45, 2.75) is 66.3 Å². The molecule has 1 N–H and O–H groups in total. The lowest BCUT2D eigenvalue weighted by atomic mass is 9.79. The molecule has 0 saturated carbocycles. The summed E-state index contributed by atoms with van der Waals surface area (Å²) in [6, 6.07) is -0.631. The molecule has 3 atom stereocenters. The fraction of sp³-hybridized carbons (Fsp3) is 0.875. The fourth-order valence-electron chi connectivity index (χ4n) is 2.63. The van der Waals surface area contributed by atoms with E-state index in [-0.39, 0.29) is 17.2 Å². The first kappa shape index (κ1) is 17.0. The summed E-state index contributed by atoms with van der Waals surface area (Å²) < 4.78 is 0. The van der Waals surface area contributed by atoms with Crippen molar-refractivity contribution in [2.75, 3.05) is 6.54 Å². The molecule has 1 saturated heterocycles. The SMILES string of the molecule is CCC1CCN(C(=O)CC(C)C(C)(C)C)C(C(=O)O)C1. The number of carbonyl (C=O) groups excluding carboxylic acids is 1. The molecule has 1 aliphatic rings. The van der Waals surface area contributed by atoms with Crippen LogP contribution < -0.4 is 0 Å². The van der Waals surface area contributed by atoms with Gasteiger partial charge in [0.05, 0.1) is 0 Å². The number of nitrogens with zero attached hydrogens (tertiary/aromatic N) is 1. The second kappa shape index (κ2) is 6.59. The van der Waals surface area contributed by atoms with Crippen LogP contribution in [0, 0.1) is 17.3 Å². The number of carboxylic acids is 1. The van der Waals surface area contributed by atoms with Gasteiger partial charge in [-0.05, 0) is 30.1 Å². The van der Waals surface area contributed by atoms with Gasteiger partial charge in [0.25, 0.3) is 0 Å². The highest BCUT2D eigenvalue weighted by Crippen LogP contribution is 2.31. The van der Waals surface area contributed by atoms with E-state index in [0.29, 0.717) is 25.3 Å². The van der Waals surface area contributed by atoms with E-state index in [4.69, 9.17) is 0 Å². The highest BCUT2D eigenvalue weighted by Gasteiger charge is 2.36. The van der Waals surface area contributed by atoms with Crippen LogP contribution in [-0.4, -0.2) is 34.5 Å². The summed E-state index contributed by atoms with van der Waals surface area (Å²) in [5.41, 5.74) is 0.0656. The van der Waals surface area contributed by atoms with Crippen LogP contribution in [0.3, 0.4) is 0 Å². The summed E-state index contributed by atoms with van der Waals surface area (Å²) >= 11 is 0. The molecule has 1 heterocycles. The lowest BCUT2D eigenvalue weighted by molar-refractivity contribution is -0.153. The van der Waals surface area contributed by atoms with Gasteiger partial charge in [0.15, 0.2) is 0 Å². The van der Waals surface area contributed by atoms with Crippen LogP contribution in [0.15, 0.2) is 0 Å². The molecule has 0 spiro atoms. The fourth-order valence-corrected chi connectivity index (χ4v) is 2.63. The Kier molecular flexibility index (Phi) is 5.60. The summed E-state index contributed by atoms with van der Waals surface area (Å²) in [7, 11) is 0. The predicted molar refractivity (Wildman–Crippen MR) is 79.4 cm³/mol. The van der Waals surface area contributed by atoms with Gasteiger partial charge in [-0.3, -0.25) is 4.79 Å². The monoisotopic (exact) mass is 283 g/mol. The van der Waals surface area contributed by atoms with Crippen LogP contribution in [0.5, 0.6) is 0 Å². The Labute approximate surface area is 122 Å². The molecule has 0 aliphatic carbocycles. The number of amides is 1. The van der Waals surface area contributed by atoms with Gasteiger partial charge < -0.3 is 10.0 Å². The third-order valence-electron chi connectivity index (χ3n) is 4.85. The topological polar surface area (TPSA) is 57.6 Å². The maximum Gasteiger partial charge on any atom is 0.326 e. The molecule has 0 aromatic heterocycles. The number of hydrogen-bond donors (Lipinski definition) is 1. The van der Waals surface area contributed by atoms with Crippen LogP contribution in [-0.2, 0) is 9.59 Å². The molecule has 3 unspecified atom stereocenters. The minimum absolute atomic E-state index is 0.00521. The second-order valence-electron chi connectivity index (χ2n) is 7.21. The smallest absolute Gasteiger partial charge is 0.326 e. The van der Waals surface area contributed by atoms with Gasteiger partial charge in [-0.1, -0.05) is 41.0 Å². The summed E-state index contributed by atoms with van der Waals surface area (Å²) in [5.74, 6) is -0.192. The summed E-state index contributed by atoms with van der Waals surface area (Å²) in [4.78, 5) is 25.4. The van der Waals surface area contributed by atoms with Crippen molar-refractivity contribution >= 4 is 11.9 Å². The van der Waals surface area contributed by atoms with Gasteiger partial charge in [-0.25, -0.2) is 4.79 Å². The highest BCUT2D eigenvalue weighted by molar-refractivity contribution is 5.84. The van der Waals surface area contributed by atoms with Gasteiger partial charge in [0.2, 0.25) is 5.91 Å². The molecule has 1 rings (SSSR count). The molecule has 116 valence electrons. The number of carboxylic acid groups (broad SMARTS) is 1. The number of rotatable bonds is 4. The molecule has 20 heavy (non-hydrogen) atoms. The van der Waals surface area contributed by atoms with Crippen molar-refractivity contribution in [1.82, 2.24) is 4.90 Å². The van der Waals surface area contributed by atoms with Gasteiger partial charge in [0, 0.05) is 13.0 Å². The number of likely N-dealkylation sites (tertiary alicyclic amines) is 1. The minimum atomic E-state index is -0.861. The predicted octanol–water partition coefficient (Wildman–Crippen LogP) is 3.16. The molecule has 4 heteroatoms. The van der Waals surface area contributed by atoms with E-state index in [0.717, 1.165) is 12.8 Å². The zero-order valence-corrected chi connectivity index (χ0v) is 13.5. The Bertz CT molecular complexity index is 359. The molecule has 1 fully saturated rings. The molecular formula is C16H29NO3. The summed E-state index contributed by atoms with van der Waals surface area (Å²) in [6.07, 6.45) is 2.95. The number of aliphatic carboxylic acids is 1. The van der Waals surface area contributed by atoms with Crippen molar-refractivity contribution in [3.63, 3.8) is 0 Å². The van der Waals surface area contributed by atoms with E-state index in [9.17, 15) is 14.7 Å². The molecule has 0 aromatic carbocycles. The van der Waals surface area contributed by atoms with Crippen molar-refractivity contribution in [3.05, 3.63) is 0 Å². The molecular weight excluding hydrogens is 254 g/mol. The van der Waals surface area contributed by atoms with Crippen molar-refractivity contribution in [2.24, 2.45) is 17.3 Å². The first-order valence-corrected chi connectivity index (χ1v) is 7.69. The lowest BCUT2D eigenvalue weighted by Gasteiger charge is -2.38. The molecule has 0 bridgehead atoms. The van der Waals surface area contributed by atoms with E-state index >= 15 is 0 Å². The first-order valence-electron chi connectivity index (χ1n) is 7.69. The Morgan fingerprint density at radius 1 is 1.35 bits per heavy atom. The number of carbonyl (C=O) groups is 2. The lowest BCUT2D eigenvalue weighted by Crippen LogP contribution is -2.50. The quantitative estimate of drug-likeness (QED) is 0.862. The average Bonchev–Trinajstić information content (AvgIpc) is 2.36. The maximum atomic E-state index is 12.4. The largest absolute Gasteiger partial charge is 0.480 e. The van der Waals surface area contributed by atoms with Gasteiger partial charge in [0.1, 0.15) is 6.04 Å². The second-order valence-corrected chi connectivity index (χ2v) is 7.21. The van der Waals surface area contributed by atoms with Crippen LogP contribution in [0.1, 0.15) is 60.3 Å². The zero-order valence-electron chi connectivity index (χ0n) is 13.5. The van der Waals surface area contributed by atoms with Crippen LogP contribution in [0.25, 0.3) is 0 Å². The Hall–Kier alpha value is -1.06. The molecule has 4 nitrogen and oxygen atoms in total. The molecule has 1 aliphatic heterocycles. The van der Waals surface area contributed by atoms with E-state index in [1.54, 1.807) is 4.90 Å². The van der Waals surface area contributed by atoms with Gasteiger partial charge in [-0.15, -0.1) is 0 Å². The van der Waals surface area contributed by atoms with Crippen LogP contribution >= 0.6 is 0 Å². The Balaban J connectivity index is 2.73. The van der Waals surface area contributed by atoms with E-state index in [1.807, 2.05) is 0 Å². The van der Waals surface area contributed by atoms with E-state index < -0.39 is 12.0 Å². The third kappa shape index (κ3) is 4.22. The van der Waals surface area contributed by atoms with Crippen LogP contribution in [0.4, 0.5) is 0 Å². The van der Waals surface area contributed by atoms with Crippen LogP contribution in [0.2, 0.25) is 0 Å². The maximum absolute atomic E-state index is 12.4. The molecule has 0 radical (unpaired) electrons. The average molecular weight is 283 g/mol. The number of piperidine rings is 1. The zero-order chi connectivity index (χ0) is 15.5. The first-order chi connectivity index (χ1) is 9.16. The van der Waals surface area contributed by atoms with Crippen molar-refractivity contribution in [1.29, 1.82) is 0 Å². The normalized spacial score (nSPS) is 25.4. The van der Waals surface area contributed by atoms with Crippen molar-refractivity contribution in [3.8, 4) is 0 Å². The minimum Gasteiger partial charge on any atom is -0.480 e. The standard InChI is InChI=1S/C16H29NO3/c1-6-12-7-8-17(13(10-12)15(19)20)14(18)9-11(2)16(3,4)5/h11-13H,6-10H2,1-5H3,(H,19,20). The Morgan fingerprint density at radius 3 is 2.40 bits per heavy atom. The van der Waals surface area contributed by atoms with Gasteiger partial charge in [-0.2, -0.15) is 0 Å². The third-order valence-corrected chi connectivity index (χ3v) is 4.85. The highest BCUT2D eigenvalue weighted by atomic mass is 16.4. The van der Waals surface area contributed by atoms with Crippen molar-refractivity contribution < 1.29 is 14.7 Å². The number of hydrogen-bond acceptors (Lipinski definition) is 2. The molecule has 0 aromatic rings. The molecule has 1 amide bonds. The van der Waals surface area contributed by atoms with Gasteiger partial charge >= 0.3 is 5.97 Å². The Morgan fingerprint density at radius 2 is 1.95 bits per heavy atom.